The maximum Gasteiger partial charge on any atom is 0.0864 e. The molecule has 3 unspecified atom stereocenters. The van der Waals surface area contributed by atoms with Crippen molar-refractivity contribution >= 4 is 0 Å². The Morgan fingerprint density at radius 3 is 2.57 bits per heavy atom. The highest BCUT2D eigenvalue weighted by Crippen LogP contribution is 2.64. The number of rotatable bonds is 1. The Labute approximate surface area is 84.9 Å². The largest absolute Gasteiger partial charge is 0.388 e. The smallest absolute Gasteiger partial charge is 0.0864 e. The van der Waals surface area contributed by atoms with E-state index in [-0.39, 0.29) is 5.41 Å². The second kappa shape index (κ2) is 2.52. The van der Waals surface area contributed by atoms with Gasteiger partial charge in [0.2, 0.25) is 0 Å². The van der Waals surface area contributed by atoms with Crippen LogP contribution in [0.5, 0.6) is 0 Å². The van der Waals surface area contributed by atoms with Gasteiger partial charge in [0.25, 0.3) is 0 Å². The molecule has 1 N–H and O–H groups in total. The first kappa shape index (κ1) is 8.73. The van der Waals surface area contributed by atoms with Crippen LogP contribution in [0.2, 0.25) is 0 Å². The molecule has 14 heavy (non-hydrogen) atoms. The van der Waals surface area contributed by atoms with Crippen molar-refractivity contribution in [1.29, 1.82) is 5.26 Å². The topological polar surface area (TPSA) is 44.0 Å². The second-order valence-corrected chi connectivity index (χ2v) is 5.47. The summed E-state index contributed by atoms with van der Waals surface area (Å²) in [6.45, 7) is 0. The van der Waals surface area contributed by atoms with Gasteiger partial charge in [-0.2, -0.15) is 5.26 Å². The van der Waals surface area contributed by atoms with Crippen LogP contribution < -0.4 is 0 Å². The summed E-state index contributed by atoms with van der Waals surface area (Å²) >= 11 is 0. The standard InChI is InChI=1S/C12H17NO/c13-8-11(4-2-5-11)12(14)6-1-3-9-7-10(9)12/h9-10,14H,1-7H2. The molecular formula is C12H17NO. The highest BCUT2D eigenvalue weighted by Gasteiger charge is 2.65. The molecule has 3 aliphatic rings. The van der Waals surface area contributed by atoms with E-state index in [9.17, 15) is 10.4 Å². The van der Waals surface area contributed by atoms with Crippen LogP contribution in [0, 0.1) is 28.6 Å². The van der Waals surface area contributed by atoms with Crippen molar-refractivity contribution in [3.63, 3.8) is 0 Å². The summed E-state index contributed by atoms with van der Waals surface area (Å²) in [6.07, 6.45) is 7.47. The highest BCUT2D eigenvalue weighted by molar-refractivity contribution is 5.22. The van der Waals surface area contributed by atoms with E-state index in [0.29, 0.717) is 5.92 Å². The summed E-state index contributed by atoms with van der Waals surface area (Å²) < 4.78 is 0. The SMILES string of the molecule is N#CC1(C2(O)CCCC3CC32)CCC1. The summed E-state index contributed by atoms with van der Waals surface area (Å²) in [6, 6.07) is 2.43. The first-order valence-electron chi connectivity index (χ1n) is 5.85. The van der Waals surface area contributed by atoms with Crippen LogP contribution >= 0.6 is 0 Å². The van der Waals surface area contributed by atoms with E-state index < -0.39 is 5.60 Å². The van der Waals surface area contributed by atoms with Crippen LogP contribution in [-0.4, -0.2) is 10.7 Å². The van der Waals surface area contributed by atoms with Crippen LogP contribution in [-0.2, 0) is 0 Å². The van der Waals surface area contributed by atoms with Gasteiger partial charge in [-0.05, 0) is 43.9 Å². The van der Waals surface area contributed by atoms with Crippen molar-refractivity contribution in [1.82, 2.24) is 0 Å². The molecule has 0 spiro atoms. The monoisotopic (exact) mass is 191 g/mol. The van der Waals surface area contributed by atoms with Crippen LogP contribution in [0.1, 0.15) is 44.9 Å². The Kier molecular flexibility index (Phi) is 1.57. The quantitative estimate of drug-likeness (QED) is 0.690. The van der Waals surface area contributed by atoms with Gasteiger partial charge in [-0.15, -0.1) is 0 Å². The summed E-state index contributed by atoms with van der Waals surface area (Å²) in [5.74, 6) is 1.22. The Hall–Kier alpha value is -0.550. The number of nitrogens with zero attached hydrogens (tertiary/aromatic N) is 1. The molecule has 76 valence electrons. The number of hydrogen-bond acceptors (Lipinski definition) is 2. The molecule has 3 aliphatic carbocycles. The van der Waals surface area contributed by atoms with Crippen molar-refractivity contribution in [3.05, 3.63) is 0 Å². The van der Waals surface area contributed by atoms with E-state index in [1.54, 1.807) is 0 Å². The molecule has 0 saturated heterocycles. The zero-order valence-corrected chi connectivity index (χ0v) is 8.50. The average molecular weight is 191 g/mol. The lowest BCUT2D eigenvalue weighted by Gasteiger charge is -2.50. The molecule has 3 fully saturated rings. The van der Waals surface area contributed by atoms with Gasteiger partial charge in [0.15, 0.2) is 0 Å². The van der Waals surface area contributed by atoms with Crippen LogP contribution in [0.15, 0.2) is 0 Å². The molecular weight excluding hydrogens is 174 g/mol. The number of aliphatic hydroxyl groups is 1. The predicted molar refractivity (Wildman–Crippen MR) is 52.3 cm³/mol. The third kappa shape index (κ3) is 0.846. The van der Waals surface area contributed by atoms with Gasteiger partial charge >= 0.3 is 0 Å². The summed E-state index contributed by atoms with van der Waals surface area (Å²) in [5, 5.41) is 20.0. The van der Waals surface area contributed by atoms with Gasteiger partial charge in [0, 0.05) is 0 Å². The van der Waals surface area contributed by atoms with Gasteiger partial charge in [-0.1, -0.05) is 12.8 Å². The van der Waals surface area contributed by atoms with Gasteiger partial charge in [-0.3, -0.25) is 0 Å². The first-order chi connectivity index (χ1) is 6.72. The molecule has 3 saturated carbocycles. The molecule has 3 atom stereocenters. The lowest BCUT2D eigenvalue weighted by atomic mass is 9.55. The minimum Gasteiger partial charge on any atom is -0.388 e. The maximum absolute atomic E-state index is 10.7. The predicted octanol–water partition coefficient (Wildman–Crippen LogP) is 2.23. The Balaban J connectivity index is 1.91. The molecule has 2 heteroatoms. The summed E-state index contributed by atoms with van der Waals surface area (Å²) in [4.78, 5) is 0. The van der Waals surface area contributed by atoms with Crippen LogP contribution in [0.4, 0.5) is 0 Å². The number of hydrogen-bond donors (Lipinski definition) is 1. The Morgan fingerprint density at radius 1 is 1.21 bits per heavy atom. The van der Waals surface area contributed by atoms with E-state index in [1.165, 1.54) is 12.8 Å². The first-order valence-corrected chi connectivity index (χ1v) is 5.85. The lowest BCUT2D eigenvalue weighted by Crippen LogP contribution is -2.54. The molecule has 3 rings (SSSR count). The molecule has 0 aromatic rings. The van der Waals surface area contributed by atoms with Crippen molar-refractivity contribution in [2.75, 3.05) is 0 Å². The van der Waals surface area contributed by atoms with Crippen LogP contribution in [0.3, 0.4) is 0 Å². The highest BCUT2D eigenvalue weighted by atomic mass is 16.3. The van der Waals surface area contributed by atoms with Gasteiger partial charge < -0.3 is 5.11 Å². The molecule has 2 nitrogen and oxygen atoms in total. The zero-order valence-electron chi connectivity index (χ0n) is 8.50. The molecule has 0 aliphatic heterocycles. The van der Waals surface area contributed by atoms with E-state index in [1.807, 2.05) is 0 Å². The number of nitriles is 1. The van der Waals surface area contributed by atoms with E-state index in [4.69, 9.17) is 0 Å². The zero-order chi connectivity index (χ0) is 9.81. The molecule has 0 radical (unpaired) electrons. The minimum atomic E-state index is -0.608. The van der Waals surface area contributed by atoms with Crippen LogP contribution in [0.25, 0.3) is 0 Å². The van der Waals surface area contributed by atoms with Crippen molar-refractivity contribution in [2.45, 2.75) is 50.5 Å². The van der Waals surface area contributed by atoms with Gasteiger partial charge in [-0.25, -0.2) is 0 Å². The third-order valence-corrected chi connectivity index (χ3v) is 4.92. The molecule has 0 bridgehead atoms. The molecule has 0 heterocycles. The molecule has 0 aromatic heterocycles. The van der Waals surface area contributed by atoms with E-state index in [0.717, 1.165) is 38.0 Å². The summed E-state index contributed by atoms with van der Waals surface area (Å²) in [7, 11) is 0. The van der Waals surface area contributed by atoms with Gasteiger partial charge in [0.1, 0.15) is 0 Å². The second-order valence-electron chi connectivity index (χ2n) is 5.47. The van der Waals surface area contributed by atoms with E-state index in [2.05, 4.69) is 6.07 Å². The van der Waals surface area contributed by atoms with Gasteiger partial charge in [0.05, 0.1) is 17.1 Å². The average Bonchev–Trinajstić information content (AvgIpc) is 2.83. The van der Waals surface area contributed by atoms with E-state index >= 15 is 0 Å². The minimum absolute atomic E-state index is 0.354. The molecule has 0 amide bonds. The fourth-order valence-corrected chi connectivity index (χ4v) is 3.74. The Bertz CT molecular complexity index is 302. The fraction of sp³-hybridized carbons (Fsp3) is 0.917. The third-order valence-electron chi connectivity index (χ3n) is 4.92. The van der Waals surface area contributed by atoms with Crippen molar-refractivity contribution in [3.8, 4) is 6.07 Å². The lowest BCUT2D eigenvalue weighted by molar-refractivity contribution is -0.128. The number of fused-ring (bicyclic) bond motifs is 1. The van der Waals surface area contributed by atoms with Crippen molar-refractivity contribution in [2.24, 2.45) is 17.3 Å². The maximum atomic E-state index is 10.7. The fourth-order valence-electron chi connectivity index (χ4n) is 3.74. The van der Waals surface area contributed by atoms with Crippen molar-refractivity contribution < 1.29 is 5.11 Å². The summed E-state index contributed by atoms with van der Waals surface area (Å²) in [5.41, 5.74) is -0.963. The normalized spacial score (nSPS) is 48.6. The Morgan fingerprint density at radius 2 is 2.00 bits per heavy atom. The molecule has 0 aromatic carbocycles.